The van der Waals surface area contributed by atoms with Gasteiger partial charge in [0.05, 0.1) is 41.0 Å². The van der Waals surface area contributed by atoms with Gasteiger partial charge in [-0.2, -0.15) is 8.75 Å². The number of amides is 2. The Labute approximate surface area is 147 Å². The van der Waals surface area contributed by atoms with E-state index in [1.165, 1.54) is 4.90 Å². The third-order valence-corrected chi connectivity index (χ3v) is 6.73. The van der Waals surface area contributed by atoms with E-state index in [1.807, 2.05) is 13.8 Å². The van der Waals surface area contributed by atoms with Crippen molar-refractivity contribution in [1.29, 1.82) is 0 Å². The van der Waals surface area contributed by atoms with Crippen LogP contribution in [0.4, 0.5) is 5.69 Å². The molecular formula is C17H17N3O4S. The van der Waals surface area contributed by atoms with Crippen molar-refractivity contribution in [2.24, 2.45) is 11.8 Å². The number of aryl methyl sites for hydroxylation is 1. The van der Waals surface area contributed by atoms with Gasteiger partial charge >= 0.3 is 0 Å². The number of hydrogen-bond donors (Lipinski definition) is 1. The normalized spacial score (nSPS) is 39.7. The topological polar surface area (TPSA) is 92.6 Å². The number of nitrogens with zero attached hydrogens (tertiary/aromatic N) is 3. The lowest BCUT2D eigenvalue weighted by Crippen LogP contribution is -2.49. The molecule has 5 atom stereocenters. The second kappa shape index (κ2) is 4.44. The van der Waals surface area contributed by atoms with Gasteiger partial charge in [-0.3, -0.25) is 9.59 Å². The highest BCUT2D eigenvalue weighted by atomic mass is 32.1. The summed E-state index contributed by atoms with van der Waals surface area (Å²) < 4.78 is 14.5. The minimum absolute atomic E-state index is 0.251. The molecule has 1 aromatic carbocycles. The largest absolute Gasteiger partial charge is 0.390 e. The van der Waals surface area contributed by atoms with Gasteiger partial charge in [0.15, 0.2) is 0 Å². The van der Waals surface area contributed by atoms with Crippen molar-refractivity contribution in [2.45, 2.75) is 44.5 Å². The summed E-state index contributed by atoms with van der Waals surface area (Å²) in [6.45, 7) is 5.40. The van der Waals surface area contributed by atoms with Crippen LogP contribution in [0.25, 0.3) is 11.0 Å². The highest BCUT2D eigenvalue weighted by molar-refractivity contribution is 7.00. The third kappa shape index (κ3) is 1.63. The van der Waals surface area contributed by atoms with Crippen molar-refractivity contribution < 1.29 is 19.4 Å². The van der Waals surface area contributed by atoms with Crippen LogP contribution in [0.5, 0.6) is 0 Å². The van der Waals surface area contributed by atoms with Crippen LogP contribution in [0, 0.1) is 18.8 Å². The zero-order chi connectivity index (χ0) is 17.7. The van der Waals surface area contributed by atoms with Gasteiger partial charge in [0, 0.05) is 12.0 Å². The van der Waals surface area contributed by atoms with Crippen molar-refractivity contribution in [2.75, 3.05) is 4.90 Å². The number of aliphatic hydroxyl groups is 1. The highest BCUT2D eigenvalue weighted by Gasteiger charge is 2.75. The Balaban J connectivity index is 1.66. The van der Waals surface area contributed by atoms with Crippen LogP contribution in [0.2, 0.25) is 0 Å². The van der Waals surface area contributed by atoms with Crippen LogP contribution in [-0.2, 0) is 14.3 Å². The predicted molar refractivity (Wildman–Crippen MR) is 90.1 cm³/mol. The van der Waals surface area contributed by atoms with E-state index in [4.69, 9.17) is 4.74 Å². The SMILES string of the molecule is Cc1c(N2C(=O)[C@@H]3[C@H](C2=O)C2(C)C[C@H](O)C3(C)O2)ccc2nsnc12. The number of imide groups is 1. The lowest BCUT2D eigenvalue weighted by atomic mass is 9.67. The highest BCUT2D eigenvalue weighted by Crippen LogP contribution is 2.61. The summed E-state index contributed by atoms with van der Waals surface area (Å²) in [4.78, 5) is 27.6. The average Bonchev–Trinajstić information content (AvgIpc) is 3.22. The second-order valence-corrected chi connectivity index (χ2v) is 8.16. The summed E-state index contributed by atoms with van der Waals surface area (Å²) in [6, 6.07) is 3.53. The molecule has 1 aromatic heterocycles. The molecular weight excluding hydrogens is 342 g/mol. The van der Waals surface area contributed by atoms with E-state index in [2.05, 4.69) is 8.75 Å². The summed E-state index contributed by atoms with van der Waals surface area (Å²) in [5.41, 5.74) is 0.949. The lowest BCUT2D eigenvalue weighted by molar-refractivity contribution is -0.132. The summed E-state index contributed by atoms with van der Waals surface area (Å²) in [6.07, 6.45) is -0.382. The first-order valence-electron chi connectivity index (χ1n) is 8.26. The third-order valence-electron chi connectivity index (χ3n) is 6.19. The minimum Gasteiger partial charge on any atom is -0.390 e. The van der Waals surface area contributed by atoms with Crippen LogP contribution >= 0.6 is 11.7 Å². The van der Waals surface area contributed by atoms with E-state index in [0.717, 1.165) is 22.8 Å². The predicted octanol–water partition coefficient (Wildman–Crippen LogP) is 1.42. The van der Waals surface area contributed by atoms with Crippen molar-refractivity contribution >= 4 is 40.3 Å². The Kier molecular flexibility index (Phi) is 2.73. The van der Waals surface area contributed by atoms with E-state index in [9.17, 15) is 14.7 Å². The molecule has 2 aromatic rings. The molecule has 3 fully saturated rings. The first kappa shape index (κ1) is 15.4. The van der Waals surface area contributed by atoms with E-state index in [-0.39, 0.29) is 11.8 Å². The smallest absolute Gasteiger partial charge is 0.240 e. The van der Waals surface area contributed by atoms with Gasteiger partial charge in [-0.25, -0.2) is 4.90 Å². The molecule has 3 aliphatic heterocycles. The number of ether oxygens (including phenoxy) is 1. The Morgan fingerprint density at radius 2 is 1.96 bits per heavy atom. The molecule has 7 nitrogen and oxygen atoms in total. The zero-order valence-electron chi connectivity index (χ0n) is 14.0. The van der Waals surface area contributed by atoms with Gasteiger partial charge in [-0.05, 0) is 32.9 Å². The molecule has 2 unspecified atom stereocenters. The van der Waals surface area contributed by atoms with Gasteiger partial charge in [0.1, 0.15) is 16.6 Å². The van der Waals surface area contributed by atoms with Gasteiger partial charge in [-0.15, -0.1) is 0 Å². The number of aliphatic hydroxyl groups excluding tert-OH is 1. The van der Waals surface area contributed by atoms with Crippen LogP contribution in [0.3, 0.4) is 0 Å². The van der Waals surface area contributed by atoms with Gasteiger partial charge in [0.2, 0.25) is 11.8 Å². The summed E-state index contributed by atoms with van der Waals surface area (Å²) in [5, 5.41) is 10.4. The molecule has 3 aliphatic rings. The van der Waals surface area contributed by atoms with Crippen molar-refractivity contribution in [1.82, 2.24) is 8.75 Å². The minimum atomic E-state index is -1.01. The van der Waals surface area contributed by atoms with Gasteiger partial charge < -0.3 is 9.84 Å². The fourth-order valence-electron chi connectivity index (χ4n) is 4.97. The Morgan fingerprint density at radius 1 is 1.24 bits per heavy atom. The summed E-state index contributed by atoms with van der Waals surface area (Å²) in [7, 11) is 0. The number of benzene rings is 1. The van der Waals surface area contributed by atoms with Crippen molar-refractivity contribution in [3.63, 3.8) is 0 Å². The van der Waals surface area contributed by atoms with Gasteiger partial charge in [-0.1, -0.05) is 0 Å². The molecule has 8 heteroatoms. The number of fused-ring (bicyclic) bond motifs is 6. The Morgan fingerprint density at radius 3 is 2.72 bits per heavy atom. The molecule has 3 saturated heterocycles. The van der Waals surface area contributed by atoms with E-state index >= 15 is 0 Å². The molecule has 0 saturated carbocycles. The maximum absolute atomic E-state index is 13.2. The molecule has 130 valence electrons. The number of hydrogen-bond acceptors (Lipinski definition) is 7. The first-order valence-corrected chi connectivity index (χ1v) is 8.99. The summed E-state index contributed by atoms with van der Waals surface area (Å²) in [5.74, 6) is -1.76. The number of anilines is 1. The van der Waals surface area contributed by atoms with Crippen LogP contribution in [-0.4, -0.2) is 43.0 Å². The standard InChI is InChI=1S/C17H17N3O4S/c1-7-9(5-4-8-13(7)19-25-18-8)20-14(22)11-12(15(20)23)17(3)10(21)6-16(11,2)24-17/h4-5,10-12,21H,6H2,1-3H3/t10-,11+,12-,16?,17?/m0/s1. The zero-order valence-corrected chi connectivity index (χ0v) is 14.8. The summed E-state index contributed by atoms with van der Waals surface area (Å²) >= 11 is 1.11. The van der Waals surface area contributed by atoms with Crippen LogP contribution < -0.4 is 4.90 Å². The fourth-order valence-corrected chi connectivity index (χ4v) is 5.56. The number of carbonyl (C=O) groups excluding carboxylic acids is 2. The molecule has 0 aliphatic carbocycles. The Bertz CT molecular complexity index is 959. The second-order valence-electron chi connectivity index (χ2n) is 7.63. The number of carbonyl (C=O) groups is 2. The van der Waals surface area contributed by atoms with Crippen molar-refractivity contribution in [3.05, 3.63) is 17.7 Å². The molecule has 0 radical (unpaired) electrons. The maximum atomic E-state index is 13.2. The molecule has 5 rings (SSSR count). The molecule has 4 heterocycles. The van der Waals surface area contributed by atoms with Crippen LogP contribution in [0.1, 0.15) is 25.8 Å². The van der Waals surface area contributed by atoms with E-state index < -0.39 is 29.1 Å². The average molecular weight is 359 g/mol. The van der Waals surface area contributed by atoms with Crippen molar-refractivity contribution in [3.8, 4) is 0 Å². The molecule has 2 amide bonds. The lowest BCUT2D eigenvalue weighted by Gasteiger charge is -2.31. The quantitative estimate of drug-likeness (QED) is 0.774. The number of aromatic nitrogens is 2. The first-order chi connectivity index (χ1) is 11.8. The molecule has 1 N–H and O–H groups in total. The van der Waals surface area contributed by atoms with Gasteiger partial charge in [0.25, 0.3) is 0 Å². The number of rotatable bonds is 1. The fraction of sp³-hybridized carbons (Fsp3) is 0.529. The van der Waals surface area contributed by atoms with E-state index in [0.29, 0.717) is 17.6 Å². The maximum Gasteiger partial charge on any atom is 0.240 e. The molecule has 25 heavy (non-hydrogen) atoms. The molecule has 2 bridgehead atoms. The Hall–Kier alpha value is -1.90. The molecule has 0 spiro atoms. The monoisotopic (exact) mass is 359 g/mol. The van der Waals surface area contributed by atoms with E-state index in [1.54, 1.807) is 19.1 Å². The van der Waals surface area contributed by atoms with Crippen LogP contribution in [0.15, 0.2) is 12.1 Å².